The molecule has 0 unspecified atom stereocenters. The zero-order chi connectivity index (χ0) is 11.1. The molecule has 3 heteroatoms. The highest BCUT2D eigenvalue weighted by Gasteiger charge is 2.04. The van der Waals surface area contributed by atoms with E-state index in [1.165, 1.54) is 31.3 Å². The van der Waals surface area contributed by atoms with E-state index in [4.69, 9.17) is 5.11 Å². The van der Waals surface area contributed by atoms with Crippen LogP contribution in [0.4, 0.5) is 0 Å². The van der Waals surface area contributed by atoms with Crippen molar-refractivity contribution in [3.8, 4) is 0 Å². The third-order valence-corrected chi connectivity index (χ3v) is 2.65. The Bertz CT molecular complexity index is 269. The first-order chi connectivity index (χ1) is 7.20. The van der Waals surface area contributed by atoms with Crippen LogP contribution in [0, 0.1) is 0 Å². The lowest BCUT2D eigenvalue weighted by molar-refractivity contribution is -0.132. The summed E-state index contributed by atoms with van der Waals surface area (Å²) in [5, 5.41) is 11.7. The van der Waals surface area contributed by atoms with E-state index in [1.807, 2.05) is 0 Å². The van der Waals surface area contributed by atoms with Gasteiger partial charge in [-0.1, -0.05) is 18.2 Å². The summed E-state index contributed by atoms with van der Waals surface area (Å²) in [5.41, 5.74) is 1.74. The van der Waals surface area contributed by atoms with Crippen LogP contribution in [0.3, 0.4) is 0 Å². The van der Waals surface area contributed by atoms with E-state index in [2.05, 4.69) is 18.0 Å². The molecule has 0 aromatic carbocycles. The van der Waals surface area contributed by atoms with Crippen molar-refractivity contribution in [2.24, 2.45) is 0 Å². The van der Waals surface area contributed by atoms with Crippen molar-refractivity contribution in [2.45, 2.75) is 32.1 Å². The first-order valence-corrected chi connectivity index (χ1v) is 5.50. The summed E-state index contributed by atoms with van der Waals surface area (Å²) in [6, 6.07) is 0. The van der Waals surface area contributed by atoms with Gasteiger partial charge < -0.3 is 10.4 Å². The molecule has 0 atom stereocenters. The summed E-state index contributed by atoms with van der Waals surface area (Å²) in [5.74, 6) is -0.917. The van der Waals surface area contributed by atoms with Crippen LogP contribution >= 0.6 is 0 Å². The number of carboxylic acid groups (broad SMARTS) is 1. The molecule has 0 heterocycles. The largest absolute Gasteiger partial charge is 0.478 e. The second kappa shape index (κ2) is 6.40. The number of carboxylic acids is 1. The molecule has 0 radical (unpaired) electrons. The number of hydrogen-bond acceptors (Lipinski definition) is 2. The molecule has 0 aliphatic heterocycles. The van der Waals surface area contributed by atoms with Crippen molar-refractivity contribution in [1.82, 2.24) is 5.32 Å². The lowest BCUT2D eigenvalue weighted by Gasteiger charge is -2.12. The second-order valence-corrected chi connectivity index (χ2v) is 3.94. The standard InChI is InChI=1S/C12H19NO2/c1-10(12(14)15)9-13-8-7-11-5-3-2-4-6-11/h5,13H,1-4,6-9H2,(H,14,15). The number of rotatable bonds is 6. The Hall–Kier alpha value is -1.09. The van der Waals surface area contributed by atoms with Crippen LogP contribution in [0.2, 0.25) is 0 Å². The molecule has 0 bridgehead atoms. The van der Waals surface area contributed by atoms with Gasteiger partial charge in [-0.15, -0.1) is 0 Å². The zero-order valence-electron chi connectivity index (χ0n) is 9.09. The minimum Gasteiger partial charge on any atom is -0.478 e. The molecule has 0 amide bonds. The van der Waals surface area contributed by atoms with Crippen LogP contribution in [0.25, 0.3) is 0 Å². The van der Waals surface area contributed by atoms with Gasteiger partial charge >= 0.3 is 5.97 Å². The van der Waals surface area contributed by atoms with E-state index in [1.54, 1.807) is 0 Å². The molecule has 1 rings (SSSR count). The Kier molecular flexibility index (Phi) is 5.12. The van der Waals surface area contributed by atoms with Crippen molar-refractivity contribution in [1.29, 1.82) is 0 Å². The maximum Gasteiger partial charge on any atom is 0.332 e. The molecule has 15 heavy (non-hydrogen) atoms. The lowest BCUT2D eigenvalue weighted by atomic mass is 9.97. The highest BCUT2D eigenvalue weighted by atomic mass is 16.4. The van der Waals surface area contributed by atoms with Crippen molar-refractivity contribution in [2.75, 3.05) is 13.1 Å². The highest BCUT2D eigenvalue weighted by molar-refractivity contribution is 5.86. The van der Waals surface area contributed by atoms with Crippen LogP contribution in [-0.2, 0) is 4.79 Å². The lowest BCUT2D eigenvalue weighted by Crippen LogP contribution is -2.21. The van der Waals surface area contributed by atoms with Gasteiger partial charge in [0.25, 0.3) is 0 Å². The minimum atomic E-state index is -0.917. The zero-order valence-corrected chi connectivity index (χ0v) is 9.09. The van der Waals surface area contributed by atoms with Crippen molar-refractivity contribution in [3.05, 3.63) is 23.8 Å². The van der Waals surface area contributed by atoms with Gasteiger partial charge in [0, 0.05) is 12.1 Å². The second-order valence-electron chi connectivity index (χ2n) is 3.94. The van der Waals surface area contributed by atoms with Gasteiger partial charge in [0.2, 0.25) is 0 Å². The van der Waals surface area contributed by atoms with Crippen LogP contribution in [0.1, 0.15) is 32.1 Å². The molecular weight excluding hydrogens is 190 g/mol. The van der Waals surface area contributed by atoms with Gasteiger partial charge in [0.05, 0.1) is 0 Å². The van der Waals surface area contributed by atoms with Gasteiger partial charge in [0.15, 0.2) is 0 Å². The van der Waals surface area contributed by atoms with E-state index < -0.39 is 5.97 Å². The summed E-state index contributed by atoms with van der Waals surface area (Å²) in [6.07, 6.45) is 8.38. The van der Waals surface area contributed by atoms with Gasteiger partial charge in [0.1, 0.15) is 0 Å². The number of aliphatic carboxylic acids is 1. The van der Waals surface area contributed by atoms with E-state index >= 15 is 0 Å². The first kappa shape index (κ1) is 12.0. The first-order valence-electron chi connectivity index (χ1n) is 5.50. The van der Waals surface area contributed by atoms with Crippen LogP contribution < -0.4 is 5.32 Å². The predicted molar refractivity (Wildman–Crippen MR) is 60.8 cm³/mol. The minimum absolute atomic E-state index is 0.229. The Balaban J connectivity index is 2.08. The fourth-order valence-electron chi connectivity index (χ4n) is 1.70. The number of carbonyl (C=O) groups is 1. The molecule has 0 aromatic heterocycles. The molecule has 1 aliphatic carbocycles. The van der Waals surface area contributed by atoms with Gasteiger partial charge in [-0.05, 0) is 38.6 Å². The molecule has 0 fully saturated rings. The van der Waals surface area contributed by atoms with Gasteiger partial charge in [-0.25, -0.2) is 4.79 Å². The Morgan fingerprint density at radius 2 is 2.33 bits per heavy atom. The SMILES string of the molecule is C=C(CNCCC1=CCCCC1)C(=O)O. The van der Waals surface area contributed by atoms with Crippen LogP contribution in [0.5, 0.6) is 0 Å². The van der Waals surface area contributed by atoms with E-state index in [0.29, 0.717) is 6.54 Å². The summed E-state index contributed by atoms with van der Waals surface area (Å²) < 4.78 is 0. The number of hydrogen-bond donors (Lipinski definition) is 2. The fourth-order valence-corrected chi connectivity index (χ4v) is 1.70. The Labute approximate surface area is 90.9 Å². The average molecular weight is 209 g/mol. The maximum atomic E-state index is 10.4. The number of allylic oxidation sites excluding steroid dienone is 1. The third-order valence-electron chi connectivity index (χ3n) is 2.65. The van der Waals surface area contributed by atoms with Crippen LogP contribution in [0.15, 0.2) is 23.8 Å². The molecular formula is C12H19NO2. The molecule has 2 N–H and O–H groups in total. The summed E-state index contributed by atoms with van der Waals surface area (Å²) in [7, 11) is 0. The molecule has 1 aliphatic rings. The van der Waals surface area contributed by atoms with Gasteiger partial charge in [-0.3, -0.25) is 0 Å². The molecule has 0 saturated heterocycles. The Morgan fingerprint density at radius 3 is 2.93 bits per heavy atom. The summed E-state index contributed by atoms with van der Waals surface area (Å²) in [4.78, 5) is 10.4. The summed E-state index contributed by atoms with van der Waals surface area (Å²) in [6.45, 7) is 4.68. The van der Waals surface area contributed by atoms with Crippen molar-refractivity contribution < 1.29 is 9.90 Å². The van der Waals surface area contributed by atoms with E-state index in [0.717, 1.165) is 13.0 Å². The normalized spacial score (nSPS) is 15.9. The van der Waals surface area contributed by atoms with Crippen molar-refractivity contribution >= 4 is 5.97 Å². The van der Waals surface area contributed by atoms with Crippen LogP contribution in [-0.4, -0.2) is 24.2 Å². The molecule has 3 nitrogen and oxygen atoms in total. The smallest absolute Gasteiger partial charge is 0.332 e. The van der Waals surface area contributed by atoms with Crippen molar-refractivity contribution in [3.63, 3.8) is 0 Å². The van der Waals surface area contributed by atoms with E-state index in [9.17, 15) is 4.79 Å². The highest BCUT2D eigenvalue weighted by Crippen LogP contribution is 2.19. The predicted octanol–water partition coefficient (Wildman–Crippen LogP) is 2.11. The van der Waals surface area contributed by atoms with E-state index in [-0.39, 0.29) is 5.57 Å². The number of nitrogens with one attached hydrogen (secondary N) is 1. The molecule has 0 spiro atoms. The Morgan fingerprint density at radius 1 is 1.53 bits per heavy atom. The maximum absolute atomic E-state index is 10.4. The molecule has 0 saturated carbocycles. The topological polar surface area (TPSA) is 49.3 Å². The summed E-state index contributed by atoms with van der Waals surface area (Å²) >= 11 is 0. The molecule has 84 valence electrons. The quantitative estimate of drug-likeness (QED) is 0.400. The average Bonchev–Trinajstić information content (AvgIpc) is 2.25. The molecule has 0 aromatic rings. The fraction of sp³-hybridized carbons (Fsp3) is 0.583. The monoisotopic (exact) mass is 209 g/mol. The third kappa shape index (κ3) is 4.79. The van der Waals surface area contributed by atoms with Gasteiger partial charge in [-0.2, -0.15) is 0 Å².